The standard InChI is InChI=1S/C26H42O3/c1-16(6-9-23(27)29-5)19-7-8-20-18-14-22(28-4)26-15-17(26)10-13-25(26,3)21(18)11-12-24(19,20)2/h16-22H,6-15H2,1-5H3/t16-,17+,18?,19?,20?,21?,22-,24-,25-,26?/m1/s1. The van der Waals surface area contributed by atoms with E-state index >= 15 is 0 Å². The van der Waals surface area contributed by atoms with Crippen LogP contribution in [0.1, 0.15) is 85.0 Å². The molecule has 3 nitrogen and oxygen atoms in total. The lowest BCUT2D eigenvalue weighted by atomic mass is 9.45. The van der Waals surface area contributed by atoms with Gasteiger partial charge in [0.2, 0.25) is 0 Å². The zero-order valence-electron chi connectivity index (χ0n) is 19.3. The van der Waals surface area contributed by atoms with Gasteiger partial charge in [-0.25, -0.2) is 0 Å². The van der Waals surface area contributed by atoms with Crippen molar-refractivity contribution in [1.29, 1.82) is 0 Å². The fraction of sp³-hybridized carbons (Fsp3) is 0.962. The molecule has 0 N–H and O–H groups in total. The maximum Gasteiger partial charge on any atom is 0.305 e. The summed E-state index contributed by atoms with van der Waals surface area (Å²) in [5.41, 5.74) is 1.51. The zero-order chi connectivity index (χ0) is 20.6. The van der Waals surface area contributed by atoms with Gasteiger partial charge in [0.15, 0.2) is 0 Å². The molecule has 0 radical (unpaired) electrons. The topological polar surface area (TPSA) is 35.5 Å². The number of methoxy groups -OCH3 is 2. The first-order valence-electron chi connectivity index (χ1n) is 12.4. The van der Waals surface area contributed by atoms with E-state index in [1.54, 1.807) is 0 Å². The highest BCUT2D eigenvalue weighted by Crippen LogP contribution is 2.82. The summed E-state index contributed by atoms with van der Waals surface area (Å²) < 4.78 is 11.1. The minimum Gasteiger partial charge on any atom is -0.469 e. The van der Waals surface area contributed by atoms with Gasteiger partial charge in [-0.1, -0.05) is 20.8 Å². The summed E-state index contributed by atoms with van der Waals surface area (Å²) >= 11 is 0. The Hall–Kier alpha value is -0.570. The molecule has 5 aliphatic rings. The molecule has 5 unspecified atom stereocenters. The van der Waals surface area contributed by atoms with Crippen LogP contribution in [0.15, 0.2) is 0 Å². The molecule has 0 bridgehead atoms. The van der Waals surface area contributed by atoms with Crippen LogP contribution in [-0.4, -0.2) is 26.3 Å². The van der Waals surface area contributed by atoms with Crippen LogP contribution in [0.3, 0.4) is 0 Å². The van der Waals surface area contributed by atoms with Gasteiger partial charge in [-0.3, -0.25) is 4.79 Å². The van der Waals surface area contributed by atoms with E-state index in [-0.39, 0.29) is 5.97 Å². The summed E-state index contributed by atoms with van der Waals surface area (Å²) in [6.45, 7) is 7.68. The number of esters is 1. The lowest BCUT2D eigenvalue weighted by Crippen LogP contribution is -2.57. The molecule has 1 spiro atoms. The molecule has 0 amide bonds. The summed E-state index contributed by atoms with van der Waals surface area (Å²) in [5.74, 6) is 4.92. The van der Waals surface area contributed by atoms with Gasteiger partial charge in [-0.05, 0) is 104 Å². The molecule has 0 aliphatic heterocycles. The molecule has 164 valence electrons. The van der Waals surface area contributed by atoms with Crippen LogP contribution in [0.25, 0.3) is 0 Å². The Labute approximate surface area is 177 Å². The van der Waals surface area contributed by atoms with Crippen LogP contribution >= 0.6 is 0 Å². The van der Waals surface area contributed by atoms with Gasteiger partial charge in [0, 0.05) is 18.9 Å². The second-order valence-corrected chi connectivity index (χ2v) is 12.1. The maximum absolute atomic E-state index is 11.7. The Morgan fingerprint density at radius 1 is 1.07 bits per heavy atom. The normalized spacial score (nSPS) is 53.4. The minimum absolute atomic E-state index is 0.0473. The average molecular weight is 403 g/mol. The van der Waals surface area contributed by atoms with Crippen molar-refractivity contribution < 1.29 is 14.3 Å². The molecular weight excluding hydrogens is 360 g/mol. The highest BCUT2D eigenvalue weighted by atomic mass is 16.5. The molecule has 5 saturated carbocycles. The first-order valence-corrected chi connectivity index (χ1v) is 12.4. The Balaban J connectivity index is 1.37. The SMILES string of the molecule is COC(=O)CC[C@@H](C)C1CCC2C3C[C@@H](OC)C45C[C@@H]4CC[C@]5(C)C3CC[C@@]21C. The molecule has 29 heavy (non-hydrogen) atoms. The number of fused-ring (bicyclic) bond motifs is 4. The Morgan fingerprint density at radius 2 is 1.86 bits per heavy atom. The summed E-state index contributed by atoms with van der Waals surface area (Å²) in [7, 11) is 3.50. The number of carbonyl (C=O) groups is 1. The maximum atomic E-state index is 11.7. The fourth-order valence-corrected chi connectivity index (χ4v) is 10.2. The Kier molecular flexibility index (Phi) is 4.71. The van der Waals surface area contributed by atoms with E-state index in [4.69, 9.17) is 9.47 Å². The van der Waals surface area contributed by atoms with Gasteiger partial charge in [-0.15, -0.1) is 0 Å². The molecule has 0 saturated heterocycles. The summed E-state index contributed by atoms with van der Waals surface area (Å²) in [4.78, 5) is 11.7. The van der Waals surface area contributed by atoms with Crippen molar-refractivity contribution >= 4 is 5.97 Å². The van der Waals surface area contributed by atoms with E-state index < -0.39 is 0 Å². The van der Waals surface area contributed by atoms with Crippen molar-refractivity contribution in [3.05, 3.63) is 0 Å². The number of ether oxygens (including phenoxy) is 2. The number of hydrogen-bond acceptors (Lipinski definition) is 3. The second kappa shape index (κ2) is 6.71. The molecule has 0 aromatic rings. The molecular formula is C26H42O3. The predicted octanol–water partition coefficient (Wildman–Crippen LogP) is 5.86. The van der Waals surface area contributed by atoms with Crippen LogP contribution in [0.4, 0.5) is 0 Å². The Morgan fingerprint density at radius 3 is 2.55 bits per heavy atom. The largest absolute Gasteiger partial charge is 0.469 e. The zero-order valence-corrected chi connectivity index (χ0v) is 19.3. The third-order valence-electron chi connectivity index (χ3n) is 11.6. The van der Waals surface area contributed by atoms with Crippen molar-refractivity contribution in [3.63, 3.8) is 0 Å². The van der Waals surface area contributed by atoms with E-state index in [0.717, 1.165) is 36.0 Å². The van der Waals surface area contributed by atoms with Gasteiger partial charge < -0.3 is 9.47 Å². The fourth-order valence-electron chi connectivity index (χ4n) is 10.2. The van der Waals surface area contributed by atoms with Gasteiger partial charge in [0.25, 0.3) is 0 Å². The lowest BCUT2D eigenvalue weighted by molar-refractivity contribution is -0.161. The Bertz CT molecular complexity index is 675. The first-order chi connectivity index (χ1) is 13.8. The summed E-state index contributed by atoms with van der Waals surface area (Å²) in [6, 6.07) is 0. The second-order valence-electron chi connectivity index (χ2n) is 12.1. The average Bonchev–Trinajstić information content (AvgIpc) is 3.22. The number of carbonyl (C=O) groups excluding carboxylic acids is 1. The third kappa shape index (κ3) is 2.55. The molecule has 3 heteroatoms. The molecule has 0 aromatic carbocycles. The van der Waals surface area contributed by atoms with Crippen LogP contribution in [0.5, 0.6) is 0 Å². The quantitative estimate of drug-likeness (QED) is 0.540. The van der Waals surface area contributed by atoms with Crippen LogP contribution in [-0.2, 0) is 14.3 Å². The molecule has 5 fully saturated rings. The predicted molar refractivity (Wildman–Crippen MR) is 114 cm³/mol. The van der Waals surface area contributed by atoms with E-state index in [1.165, 1.54) is 58.5 Å². The van der Waals surface area contributed by atoms with E-state index in [2.05, 4.69) is 20.8 Å². The van der Waals surface area contributed by atoms with Crippen molar-refractivity contribution in [2.45, 2.75) is 91.1 Å². The molecule has 0 aromatic heterocycles. The number of rotatable bonds is 5. The van der Waals surface area contributed by atoms with Crippen molar-refractivity contribution in [3.8, 4) is 0 Å². The van der Waals surface area contributed by atoms with Crippen molar-refractivity contribution in [2.24, 2.45) is 51.8 Å². The van der Waals surface area contributed by atoms with Gasteiger partial charge in [0.05, 0.1) is 13.2 Å². The van der Waals surface area contributed by atoms with Crippen molar-refractivity contribution in [2.75, 3.05) is 14.2 Å². The monoisotopic (exact) mass is 402 g/mol. The van der Waals surface area contributed by atoms with E-state index in [1.807, 2.05) is 7.11 Å². The lowest BCUT2D eigenvalue weighted by Gasteiger charge is -2.61. The highest BCUT2D eigenvalue weighted by molar-refractivity contribution is 5.69. The van der Waals surface area contributed by atoms with E-state index in [9.17, 15) is 4.79 Å². The molecule has 5 rings (SSSR count). The summed E-state index contributed by atoms with van der Waals surface area (Å²) in [6.07, 6.45) is 13.3. The smallest absolute Gasteiger partial charge is 0.305 e. The molecule has 10 atom stereocenters. The molecule has 0 heterocycles. The van der Waals surface area contributed by atoms with Gasteiger partial charge >= 0.3 is 5.97 Å². The minimum atomic E-state index is -0.0473. The number of hydrogen-bond donors (Lipinski definition) is 0. The van der Waals surface area contributed by atoms with Crippen LogP contribution in [0, 0.1) is 51.8 Å². The highest BCUT2D eigenvalue weighted by Gasteiger charge is 2.77. The van der Waals surface area contributed by atoms with Crippen LogP contribution < -0.4 is 0 Å². The van der Waals surface area contributed by atoms with E-state index in [0.29, 0.717) is 34.7 Å². The van der Waals surface area contributed by atoms with Crippen LogP contribution in [0.2, 0.25) is 0 Å². The molecule has 5 aliphatic carbocycles. The van der Waals surface area contributed by atoms with Crippen molar-refractivity contribution in [1.82, 2.24) is 0 Å². The van der Waals surface area contributed by atoms with Gasteiger partial charge in [-0.2, -0.15) is 0 Å². The first kappa shape index (κ1) is 20.3. The third-order valence-corrected chi connectivity index (χ3v) is 11.6. The summed E-state index contributed by atoms with van der Waals surface area (Å²) in [5, 5.41) is 0. The van der Waals surface area contributed by atoms with Gasteiger partial charge in [0.1, 0.15) is 0 Å².